The zero-order valence-electron chi connectivity index (χ0n) is 20.0. The van der Waals surface area contributed by atoms with Gasteiger partial charge in [0.2, 0.25) is 0 Å². The van der Waals surface area contributed by atoms with E-state index in [1.807, 2.05) is 84.9 Å². The Hall–Kier alpha value is -4.53. The number of rotatable bonds is 7. The lowest BCUT2D eigenvalue weighted by Gasteiger charge is -2.32. The molecule has 5 rings (SSSR count). The van der Waals surface area contributed by atoms with Crippen molar-refractivity contribution in [3.05, 3.63) is 167 Å². The summed E-state index contributed by atoms with van der Waals surface area (Å²) >= 11 is 0. The number of carbonyl (C=O) groups excluding carboxylic acids is 1. The first kappa shape index (κ1) is 24.2. The van der Waals surface area contributed by atoms with E-state index in [9.17, 15) is 14.9 Å². The molecule has 5 heteroatoms. The summed E-state index contributed by atoms with van der Waals surface area (Å²) < 4.78 is 0. The number of nitrogens with zero attached hydrogens (tertiary/aromatic N) is 1. The molecule has 0 bridgehead atoms. The van der Waals surface area contributed by atoms with E-state index in [1.165, 1.54) is 12.1 Å². The smallest absolute Gasteiger partial charge is 0.269 e. The van der Waals surface area contributed by atoms with E-state index in [0.29, 0.717) is 10.9 Å². The van der Waals surface area contributed by atoms with Crippen LogP contribution in [-0.2, 0) is 0 Å². The maximum atomic E-state index is 14.6. The van der Waals surface area contributed by atoms with Crippen LogP contribution in [0.2, 0.25) is 0 Å². The van der Waals surface area contributed by atoms with E-state index in [2.05, 4.69) is 36.4 Å². The van der Waals surface area contributed by atoms with Crippen molar-refractivity contribution in [2.75, 3.05) is 0 Å². The lowest BCUT2D eigenvalue weighted by Crippen LogP contribution is -2.34. The number of hydrogen-bond acceptors (Lipinski definition) is 3. The van der Waals surface area contributed by atoms with Gasteiger partial charge in [0, 0.05) is 23.0 Å². The number of benzene rings is 5. The van der Waals surface area contributed by atoms with E-state index in [0.717, 1.165) is 21.5 Å². The number of Topliss-reactive ketones (excluding diaryl/α,β-unsaturated/α-hetero) is 1. The molecule has 0 fully saturated rings. The molecule has 0 amide bonds. The summed E-state index contributed by atoms with van der Waals surface area (Å²) in [5, 5.41) is 15.1. The molecule has 0 aliphatic carbocycles. The van der Waals surface area contributed by atoms with Crippen molar-refractivity contribution in [1.29, 1.82) is 0 Å². The number of hydrogen-bond donors (Lipinski definition) is 0. The van der Waals surface area contributed by atoms with Gasteiger partial charge in [-0.05, 0) is 40.5 Å². The molecule has 0 aliphatic heterocycles. The molecule has 0 radical (unpaired) electrons. The molecule has 0 aromatic heterocycles. The van der Waals surface area contributed by atoms with Crippen molar-refractivity contribution in [2.24, 2.45) is 0 Å². The van der Waals surface area contributed by atoms with Crippen LogP contribution in [0.4, 0.5) is 5.69 Å². The first-order chi connectivity index (χ1) is 18.1. The van der Waals surface area contributed by atoms with E-state index >= 15 is 0 Å². The van der Waals surface area contributed by atoms with Gasteiger partial charge >= 0.3 is 0 Å². The fraction of sp³-hybridized carbons (Fsp3) is 0. The van der Waals surface area contributed by atoms with Gasteiger partial charge in [0.05, 0.1) is 4.92 Å². The Morgan fingerprint density at radius 2 is 0.892 bits per heavy atom. The Labute approximate surface area is 216 Å². The molecule has 180 valence electrons. The van der Waals surface area contributed by atoms with E-state index in [1.54, 1.807) is 12.1 Å². The second-order valence-electron chi connectivity index (χ2n) is 8.53. The van der Waals surface area contributed by atoms with Crippen LogP contribution in [0, 0.1) is 10.1 Å². The van der Waals surface area contributed by atoms with Crippen LogP contribution in [0.1, 0.15) is 15.9 Å². The standard InChI is InChI=1S/C32H24NO3P/c34-31(25-21-23-27(24-22-25)33(35)36)32(26-13-5-1-6-14-26)37(28-15-7-2-8-16-28,29-17-9-3-10-18-29)30-19-11-4-12-20-30/h1-24H. The molecule has 5 aromatic rings. The van der Waals surface area contributed by atoms with E-state index < -0.39 is 11.8 Å². The van der Waals surface area contributed by atoms with Gasteiger partial charge in [0.1, 0.15) is 0 Å². The molecule has 37 heavy (non-hydrogen) atoms. The Morgan fingerprint density at radius 3 is 1.27 bits per heavy atom. The third-order valence-electron chi connectivity index (χ3n) is 6.37. The Bertz CT molecular complexity index is 1480. The summed E-state index contributed by atoms with van der Waals surface area (Å²) in [4.78, 5) is 25.4. The van der Waals surface area contributed by atoms with Crippen molar-refractivity contribution in [1.82, 2.24) is 0 Å². The quantitative estimate of drug-likeness (QED) is 0.119. The minimum atomic E-state index is -2.70. The molecule has 4 nitrogen and oxygen atoms in total. The highest BCUT2D eigenvalue weighted by Crippen LogP contribution is 2.48. The first-order valence-corrected chi connectivity index (χ1v) is 13.7. The van der Waals surface area contributed by atoms with E-state index in [-0.39, 0.29) is 11.5 Å². The number of ketones is 1. The summed E-state index contributed by atoms with van der Waals surface area (Å²) in [5.41, 5.74) is 1.19. The number of nitro benzene ring substituents is 1. The van der Waals surface area contributed by atoms with Crippen LogP contribution in [0.15, 0.2) is 146 Å². The van der Waals surface area contributed by atoms with Gasteiger partial charge in [0.15, 0.2) is 5.78 Å². The summed E-state index contributed by atoms with van der Waals surface area (Å²) in [6.45, 7) is -2.70. The summed E-state index contributed by atoms with van der Waals surface area (Å²) in [5.74, 6) is -0.147. The Kier molecular flexibility index (Phi) is 6.93. The van der Waals surface area contributed by atoms with Gasteiger partial charge in [0.25, 0.3) is 5.69 Å². The largest absolute Gasteiger partial charge is 0.289 e. The zero-order valence-corrected chi connectivity index (χ0v) is 20.9. The lowest BCUT2D eigenvalue weighted by atomic mass is 10.0. The molecule has 0 saturated heterocycles. The highest BCUT2D eigenvalue weighted by molar-refractivity contribution is 7.97. The SMILES string of the molecule is O=C(C(c1ccccc1)=P(c1ccccc1)(c1ccccc1)c1ccccc1)c1ccc([N+](=O)[O-])cc1. The summed E-state index contributed by atoms with van der Waals surface area (Å²) in [7, 11) is 0. The van der Waals surface area contributed by atoms with Gasteiger partial charge in [-0.2, -0.15) is 0 Å². The molecule has 0 heterocycles. The van der Waals surface area contributed by atoms with E-state index in [4.69, 9.17) is 0 Å². The van der Waals surface area contributed by atoms with Crippen LogP contribution in [0.5, 0.6) is 0 Å². The molecule has 0 N–H and O–H groups in total. The number of nitro groups is 1. The van der Waals surface area contributed by atoms with Crippen LogP contribution >= 0.6 is 6.89 Å². The third kappa shape index (κ3) is 4.55. The predicted octanol–water partition coefficient (Wildman–Crippen LogP) is 5.99. The molecule has 0 saturated carbocycles. The maximum absolute atomic E-state index is 14.6. The Balaban J connectivity index is 1.99. The van der Waals surface area contributed by atoms with Crippen molar-refractivity contribution >= 4 is 39.6 Å². The second-order valence-corrected chi connectivity index (χ2v) is 11.9. The van der Waals surface area contributed by atoms with Crippen molar-refractivity contribution < 1.29 is 9.72 Å². The normalized spacial score (nSPS) is 11.0. The molecule has 0 spiro atoms. The average Bonchev–Trinajstić information content (AvgIpc) is 2.97. The van der Waals surface area contributed by atoms with Crippen LogP contribution in [0.3, 0.4) is 0 Å². The summed E-state index contributed by atoms with van der Waals surface area (Å²) in [6, 6.07) is 46.2. The molecule has 0 unspecified atom stereocenters. The number of carbonyl (C=O) groups is 1. The van der Waals surface area contributed by atoms with Crippen molar-refractivity contribution in [3.63, 3.8) is 0 Å². The van der Waals surface area contributed by atoms with Gasteiger partial charge < -0.3 is 0 Å². The molecule has 0 atom stereocenters. The minimum Gasteiger partial charge on any atom is -0.289 e. The van der Waals surface area contributed by atoms with Crippen LogP contribution in [-0.4, -0.2) is 16.0 Å². The highest BCUT2D eigenvalue weighted by atomic mass is 31.2. The predicted molar refractivity (Wildman–Crippen MR) is 153 cm³/mol. The molecular weight excluding hydrogens is 477 g/mol. The van der Waals surface area contributed by atoms with Gasteiger partial charge in [-0.3, -0.25) is 14.9 Å². The Morgan fingerprint density at radius 1 is 0.514 bits per heavy atom. The first-order valence-electron chi connectivity index (χ1n) is 11.9. The topological polar surface area (TPSA) is 60.2 Å². The zero-order chi connectivity index (χ0) is 25.7. The number of non-ortho nitro benzene ring substituents is 1. The van der Waals surface area contributed by atoms with Crippen molar-refractivity contribution in [2.45, 2.75) is 0 Å². The third-order valence-corrected chi connectivity index (χ3v) is 10.7. The van der Waals surface area contributed by atoms with Crippen LogP contribution < -0.4 is 15.9 Å². The average molecular weight is 502 g/mol. The van der Waals surface area contributed by atoms with Gasteiger partial charge in [-0.15, -0.1) is 0 Å². The van der Waals surface area contributed by atoms with Gasteiger partial charge in [-0.1, -0.05) is 121 Å². The van der Waals surface area contributed by atoms with Crippen LogP contribution in [0.25, 0.3) is 0 Å². The minimum absolute atomic E-state index is 0.0481. The summed E-state index contributed by atoms with van der Waals surface area (Å²) in [6.07, 6.45) is 0. The van der Waals surface area contributed by atoms with Crippen molar-refractivity contribution in [3.8, 4) is 0 Å². The fourth-order valence-corrected chi connectivity index (χ4v) is 9.23. The molecule has 5 aromatic carbocycles. The molecule has 0 aliphatic rings. The fourth-order valence-electron chi connectivity index (χ4n) is 4.73. The lowest BCUT2D eigenvalue weighted by molar-refractivity contribution is -0.384. The molecular formula is C32H24NO3P. The second kappa shape index (κ2) is 10.6. The monoisotopic (exact) mass is 501 g/mol. The van der Waals surface area contributed by atoms with Gasteiger partial charge in [-0.25, -0.2) is 0 Å². The maximum Gasteiger partial charge on any atom is 0.269 e. The highest BCUT2D eigenvalue weighted by Gasteiger charge is 2.34.